The molecular formula is C16H16Cl2N2O5. The van der Waals surface area contributed by atoms with Gasteiger partial charge in [0.1, 0.15) is 6.61 Å². The van der Waals surface area contributed by atoms with Crippen LogP contribution in [0.2, 0.25) is 10.0 Å². The van der Waals surface area contributed by atoms with Crippen molar-refractivity contribution >= 4 is 35.1 Å². The zero-order chi connectivity index (χ0) is 18.6. The average Bonchev–Trinajstić information content (AvgIpc) is 3.01. The number of nitrogens with one attached hydrogen (secondary N) is 1. The van der Waals surface area contributed by atoms with Gasteiger partial charge >= 0.3 is 5.97 Å². The average molecular weight is 387 g/mol. The van der Waals surface area contributed by atoms with E-state index in [-0.39, 0.29) is 18.8 Å². The molecule has 2 aromatic rings. The fourth-order valence-corrected chi connectivity index (χ4v) is 2.23. The monoisotopic (exact) mass is 386 g/mol. The Morgan fingerprint density at radius 3 is 2.56 bits per heavy atom. The van der Waals surface area contributed by atoms with Crippen LogP contribution in [0.25, 0.3) is 0 Å². The van der Waals surface area contributed by atoms with Gasteiger partial charge in [-0.2, -0.15) is 0 Å². The van der Waals surface area contributed by atoms with Crippen molar-refractivity contribution in [3.63, 3.8) is 0 Å². The molecule has 0 saturated carbocycles. The van der Waals surface area contributed by atoms with Crippen molar-refractivity contribution in [2.24, 2.45) is 5.41 Å². The summed E-state index contributed by atoms with van der Waals surface area (Å²) >= 11 is 12.0. The predicted molar refractivity (Wildman–Crippen MR) is 91.0 cm³/mol. The van der Waals surface area contributed by atoms with Gasteiger partial charge in [-0.3, -0.25) is 9.59 Å². The Hall–Kier alpha value is -2.25. The lowest BCUT2D eigenvalue weighted by atomic mass is 9.94. The Kier molecular flexibility index (Phi) is 5.92. The van der Waals surface area contributed by atoms with Crippen LogP contribution in [0, 0.1) is 5.41 Å². The summed E-state index contributed by atoms with van der Waals surface area (Å²) in [5.41, 5.74) is -1.07. The Bertz CT molecular complexity index is 768. The highest BCUT2D eigenvalue weighted by molar-refractivity contribution is 6.37. The van der Waals surface area contributed by atoms with Crippen molar-refractivity contribution in [3.8, 4) is 5.75 Å². The molecule has 1 amide bonds. The van der Waals surface area contributed by atoms with Crippen molar-refractivity contribution in [1.82, 2.24) is 10.5 Å². The van der Waals surface area contributed by atoms with E-state index in [0.29, 0.717) is 21.6 Å². The summed E-state index contributed by atoms with van der Waals surface area (Å²) in [5.74, 6) is -0.964. The molecule has 0 aliphatic rings. The third-order valence-electron chi connectivity index (χ3n) is 3.34. The minimum atomic E-state index is -1.09. The standard InChI is InChI=1S/C16H16Cl2N2O5/c1-16(2,15(22)23)8-19-14(21)12-6-9(25-20-12)7-24-13-10(17)4-3-5-11(13)18/h3-6H,7-8H2,1-2H3,(H,19,21)(H,22,23). The van der Waals surface area contributed by atoms with Gasteiger partial charge in [0.15, 0.2) is 17.2 Å². The molecule has 0 fully saturated rings. The summed E-state index contributed by atoms with van der Waals surface area (Å²) in [6.45, 7) is 2.94. The Balaban J connectivity index is 1.96. The van der Waals surface area contributed by atoms with Crippen LogP contribution in [0.3, 0.4) is 0 Å². The third kappa shape index (κ3) is 4.87. The first-order valence-corrected chi connectivity index (χ1v) is 8.00. The lowest BCUT2D eigenvalue weighted by Crippen LogP contribution is -2.39. The summed E-state index contributed by atoms with van der Waals surface area (Å²) in [4.78, 5) is 23.0. The highest BCUT2D eigenvalue weighted by Crippen LogP contribution is 2.32. The number of carboxylic acids is 1. The van der Waals surface area contributed by atoms with Crippen LogP contribution in [0.5, 0.6) is 5.75 Å². The molecule has 1 aromatic carbocycles. The van der Waals surface area contributed by atoms with E-state index in [0.717, 1.165) is 0 Å². The van der Waals surface area contributed by atoms with Gasteiger partial charge in [0.25, 0.3) is 5.91 Å². The number of nitrogens with zero attached hydrogens (tertiary/aromatic N) is 1. The van der Waals surface area contributed by atoms with E-state index in [1.54, 1.807) is 18.2 Å². The molecule has 0 unspecified atom stereocenters. The zero-order valence-electron chi connectivity index (χ0n) is 13.5. The van der Waals surface area contributed by atoms with Gasteiger partial charge in [-0.1, -0.05) is 34.4 Å². The number of carbonyl (C=O) groups excluding carboxylic acids is 1. The number of hydrogen-bond acceptors (Lipinski definition) is 5. The number of carboxylic acid groups (broad SMARTS) is 1. The molecule has 2 N–H and O–H groups in total. The first-order chi connectivity index (χ1) is 11.7. The zero-order valence-corrected chi connectivity index (χ0v) is 15.0. The maximum Gasteiger partial charge on any atom is 0.310 e. The van der Waals surface area contributed by atoms with Crippen LogP contribution in [0.1, 0.15) is 30.1 Å². The highest BCUT2D eigenvalue weighted by Gasteiger charge is 2.28. The van der Waals surface area contributed by atoms with E-state index < -0.39 is 17.3 Å². The molecule has 0 saturated heterocycles. The lowest BCUT2D eigenvalue weighted by molar-refractivity contribution is -0.146. The van der Waals surface area contributed by atoms with Gasteiger partial charge in [0, 0.05) is 12.6 Å². The first kappa shape index (κ1) is 19.1. The molecule has 0 radical (unpaired) electrons. The van der Waals surface area contributed by atoms with E-state index in [9.17, 15) is 9.59 Å². The molecule has 25 heavy (non-hydrogen) atoms. The van der Waals surface area contributed by atoms with Crippen LogP contribution in [-0.2, 0) is 11.4 Å². The summed E-state index contributed by atoms with van der Waals surface area (Å²) in [6.07, 6.45) is 0. The van der Waals surface area contributed by atoms with Crippen molar-refractivity contribution in [2.45, 2.75) is 20.5 Å². The molecule has 1 aromatic heterocycles. The quantitative estimate of drug-likeness (QED) is 0.755. The molecule has 0 aliphatic heterocycles. The molecule has 2 rings (SSSR count). The molecule has 0 aliphatic carbocycles. The van der Waals surface area contributed by atoms with E-state index in [4.69, 9.17) is 37.6 Å². The van der Waals surface area contributed by atoms with Crippen LogP contribution >= 0.6 is 23.2 Å². The summed E-state index contributed by atoms with van der Waals surface area (Å²) < 4.78 is 10.5. The lowest BCUT2D eigenvalue weighted by Gasteiger charge is -2.18. The van der Waals surface area contributed by atoms with E-state index in [2.05, 4.69) is 10.5 Å². The van der Waals surface area contributed by atoms with Gasteiger partial charge in [-0.05, 0) is 26.0 Å². The van der Waals surface area contributed by atoms with Crippen LogP contribution in [0.15, 0.2) is 28.8 Å². The number of carbonyl (C=O) groups is 2. The topological polar surface area (TPSA) is 102 Å². The normalized spacial score (nSPS) is 11.2. The highest BCUT2D eigenvalue weighted by atomic mass is 35.5. The second kappa shape index (κ2) is 7.76. The summed E-state index contributed by atoms with van der Waals surface area (Å²) in [7, 11) is 0. The Labute approximate surface area is 153 Å². The molecule has 0 atom stereocenters. The first-order valence-electron chi connectivity index (χ1n) is 7.24. The number of benzene rings is 1. The minimum absolute atomic E-state index is 0.0186. The minimum Gasteiger partial charge on any atom is -0.482 e. The van der Waals surface area contributed by atoms with E-state index in [1.807, 2.05) is 0 Å². The largest absolute Gasteiger partial charge is 0.482 e. The van der Waals surface area contributed by atoms with E-state index in [1.165, 1.54) is 19.9 Å². The molecule has 0 spiro atoms. The second-order valence-corrected chi connectivity index (χ2v) is 6.70. The fraction of sp³-hybridized carbons (Fsp3) is 0.312. The van der Waals surface area contributed by atoms with Crippen molar-refractivity contribution < 1.29 is 24.0 Å². The van der Waals surface area contributed by atoms with Crippen molar-refractivity contribution in [2.75, 3.05) is 6.54 Å². The molecule has 0 bridgehead atoms. The van der Waals surface area contributed by atoms with Gasteiger partial charge in [-0.25, -0.2) is 0 Å². The maximum atomic E-state index is 12.0. The smallest absolute Gasteiger partial charge is 0.310 e. The van der Waals surface area contributed by atoms with Gasteiger partial charge < -0.3 is 19.7 Å². The molecule has 9 heteroatoms. The molecular weight excluding hydrogens is 371 g/mol. The van der Waals surface area contributed by atoms with Gasteiger partial charge in [-0.15, -0.1) is 0 Å². The third-order valence-corrected chi connectivity index (χ3v) is 3.93. The number of aromatic nitrogens is 1. The number of amides is 1. The van der Waals surface area contributed by atoms with Gasteiger partial charge in [0.2, 0.25) is 0 Å². The fourth-order valence-electron chi connectivity index (χ4n) is 1.72. The number of para-hydroxylation sites is 1. The predicted octanol–water partition coefficient (Wildman–Crippen LogP) is 3.40. The maximum absolute atomic E-state index is 12.0. The van der Waals surface area contributed by atoms with Gasteiger partial charge in [0.05, 0.1) is 15.5 Å². The number of hydrogen-bond donors (Lipinski definition) is 2. The van der Waals surface area contributed by atoms with Crippen molar-refractivity contribution in [3.05, 3.63) is 45.8 Å². The molecule has 1 heterocycles. The number of ether oxygens (including phenoxy) is 1. The summed E-state index contributed by atoms with van der Waals surface area (Å²) in [6, 6.07) is 6.35. The van der Waals surface area contributed by atoms with Crippen LogP contribution < -0.4 is 10.1 Å². The SMILES string of the molecule is CC(C)(CNC(=O)c1cc(COc2c(Cl)cccc2Cl)on1)C(=O)O. The Morgan fingerprint density at radius 2 is 1.96 bits per heavy atom. The van der Waals surface area contributed by atoms with Crippen LogP contribution in [0.4, 0.5) is 0 Å². The number of aliphatic carboxylic acids is 1. The van der Waals surface area contributed by atoms with E-state index >= 15 is 0 Å². The molecule has 7 nitrogen and oxygen atoms in total. The number of halogens is 2. The van der Waals surface area contributed by atoms with Crippen molar-refractivity contribution in [1.29, 1.82) is 0 Å². The second-order valence-electron chi connectivity index (χ2n) is 5.89. The van der Waals surface area contributed by atoms with Crippen LogP contribution in [-0.4, -0.2) is 28.7 Å². The Morgan fingerprint density at radius 1 is 1.32 bits per heavy atom. The number of rotatable bonds is 7. The molecule has 134 valence electrons. The summed E-state index contributed by atoms with van der Waals surface area (Å²) in [5, 5.41) is 15.9.